The van der Waals surface area contributed by atoms with Crippen LogP contribution in [0, 0.1) is 0 Å². The number of likely N-dealkylation sites (tertiary alicyclic amines) is 1. The highest BCUT2D eigenvalue weighted by Gasteiger charge is 2.37. The first kappa shape index (κ1) is 43.6. The highest BCUT2D eigenvalue weighted by Crippen LogP contribution is 2.24. The molecule has 298 valence electrons. The second kappa shape index (κ2) is 20.6. The summed E-state index contributed by atoms with van der Waals surface area (Å²) >= 11 is 0. The first-order valence-electron chi connectivity index (χ1n) is 18.5. The second-order valence-corrected chi connectivity index (χ2v) is 14.4. The topological polar surface area (TPSA) is 204 Å². The third-order valence-electron chi connectivity index (χ3n) is 9.00. The molecule has 2 heterocycles. The second-order valence-electron chi connectivity index (χ2n) is 14.4. The van der Waals surface area contributed by atoms with E-state index in [1.54, 1.807) is 39.8 Å². The molecule has 54 heavy (non-hydrogen) atoms. The maximum absolute atomic E-state index is 13.6. The number of hydrogen-bond donors (Lipinski definition) is 4. The molecule has 4 amide bonds. The Morgan fingerprint density at radius 2 is 1.63 bits per heavy atom. The van der Waals surface area contributed by atoms with Crippen molar-refractivity contribution in [2.24, 2.45) is 0 Å². The van der Waals surface area contributed by atoms with Crippen molar-refractivity contribution in [1.29, 1.82) is 0 Å². The van der Waals surface area contributed by atoms with Crippen LogP contribution in [0.25, 0.3) is 0 Å². The van der Waals surface area contributed by atoms with Gasteiger partial charge >= 0.3 is 11.9 Å². The Morgan fingerprint density at radius 1 is 0.963 bits per heavy atom. The summed E-state index contributed by atoms with van der Waals surface area (Å²) in [6.07, 6.45) is 2.29. The van der Waals surface area contributed by atoms with E-state index >= 15 is 0 Å². The maximum atomic E-state index is 13.6. The number of benzene rings is 1. The minimum atomic E-state index is -1.13. The number of rotatable bonds is 18. The number of ether oxygens (including phenoxy) is 2. The van der Waals surface area contributed by atoms with Gasteiger partial charge in [-0.3, -0.25) is 38.5 Å². The fourth-order valence-electron chi connectivity index (χ4n) is 6.41. The van der Waals surface area contributed by atoms with Gasteiger partial charge < -0.3 is 40.3 Å². The molecule has 0 saturated carbocycles. The molecule has 2 fully saturated rings. The normalized spacial score (nSPS) is 17.8. The average molecular weight is 757 g/mol. The minimum absolute atomic E-state index is 0.0355. The number of esters is 2. The fraction of sp³-hybridized carbons (Fsp3) is 0.605. The number of aliphatic hydroxyl groups excluding tert-OH is 1. The first-order valence-corrected chi connectivity index (χ1v) is 18.5. The summed E-state index contributed by atoms with van der Waals surface area (Å²) in [6, 6.07) is 4.43. The number of Topliss-reactive ketones (excluding diaryl/α,β-unsaturated/α-hetero) is 1. The van der Waals surface area contributed by atoms with Crippen molar-refractivity contribution < 1.29 is 48.1 Å². The lowest BCUT2D eigenvalue weighted by atomic mass is 10.0. The van der Waals surface area contributed by atoms with Crippen LogP contribution in [0.15, 0.2) is 36.9 Å². The maximum Gasteiger partial charge on any atom is 0.325 e. The van der Waals surface area contributed by atoms with E-state index in [-0.39, 0.29) is 37.7 Å². The largest absolute Gasteiger partial charge is 0.460 e. The van der Waals surface area contributed by atoms with E-state index in [9.17, 15) is 38.7 Å². The molecule has 3 rings (SSSR count). The van der Waals surface area contributed by atoms with Crippen LogP contribution in [-0.2, 0) is 38.2 Å². The number of carbonyl (C=O) groups excluding carboxylic acids is 7. The number of piperazine rings is 1. The molecule has 0 aromatic heterocycles. The number of hydrogen-bond acceptors (Lipinski definition) is 12. The molecule has 2 aliphatic heterocycles. The third-order valence-corrected chi connectivity index (χ3v) is 9.00. The number of carbonyl (C=O) groups is 7. The molecule has 1 aromatic rings. The molecule has 1 aromatic carbocycles. The number of amides is 4. The standard InChI is InChI=1S/C38H56N6O10/c1-7-10-28(33(48)35(50)39-24-32(47)53-23-8-2)41-34(49)30-11-9-18-44(30)36(51)26-12-14-27(15-13-26)42-19-21-43(22-20-42)37(52)29(40-25(3)45)16-17-31(46)54-38(4,5)6/h8,12-15,28-30,37,52H,2,7,9-11,16-24H2,1,3-6H3,(H,39,50)(H,40,45)(H,41,49)/t28?,29-,30-,37?/m0/s1. The van der Waals surface area contributed by atoms with Crippen LogP contribution < -0.4 is 20.9 Å². The van der Waals surface area contributed by atoms with Gasteiger partial charge in [-0.15, -0.1) is 0 Å². The number of ketones is 1. The Labute approximate surface area is 316 Å². The van der Waals surface area contributed by atoms with Crippen molar-refractivity contribution in [3.63, 3.8) is 0 Å². The predicted octanol–water partition coefficient (Wildman–Crippen LogP) is 1.06. The van der Waals surface area contributed by atoms with Crippen LogP contribution in [0.5, 0.6) is 0 Å². The Bertz CT molecular complexity index is 1500. The lowest BCUT2D eigenvalue weighted by Gasteiger charge is -2.40. The van der Waals surface area contributed by atoms with E-state index < -0.39 is 66.0 Å². The zero-order valence-electron chi connectivity index (χ0n) is 32.1. The Kier molecular flexibility index (Phi) is 16.6. The van der Waals surface area contributed by atoms with Gasteiger partial charge in [0.15, 0.2) is 0 Å². The van der Waals surface area contributed by atoms with E-state index in [1.165, 1.54) is 17.9 Å². The van der Waals surface area contributed by atoms with Gasteiger partial charge in [-0.2, -0.15) is 0 Å². The van der Waals surface area contributed by atoms with E-state index in [1.807, 2.05) is 17.0 Å². The Hall–Kier alpha value is -4.83. The van der Waals surface area contributed by atoms with E-state index in [0.29, 0.717) is 57.5 Å². The molecule has 4 atom stereocenters. The van der Waals surface area contributed by atoms with Gasteiger partial charge in [0, 0.05) is 57.3 Å². The Morgan fingerprint density at radius 3 is 2.22 bits per heavy atom. The summed E-state index contributed by atoms with van der Waals surface area (Å²) in [5.74, 6) is -4.24. The van der Waals surface area contributed by atoms with Crippen molar-refractivity contribution in [3.8, 4) is 0 Å². The average Bonchev–Trinajstić information content (AvgIpc) is 3.63. The SMILES string of the molecule is C=CCOC(=O)CNC(=O)C(=O)C(CCC)NC(=O)[C@@H]1CCCN1C(=O)c1ccc(N2CCN(C(O)[C@H](CCC(=O)OC(C)(C)C)NC(C)=O)CC2)cc1. The molecule has 0 bridgehead atoms. The summed E-state index contributed by atoms with van der Waals surface area (Å²) in [4.78, 5) is 93.7. The number of nitrogens with one attached hydrogen (secondary N) is 3. The van der Waals surface area contributed by atoms with Crippen LogP contribution >= 0.6 is 0 Å². The van der Waals surface area contributed by atoms with Crippen molar-refractivity contribution >= 4 is 47.0 Å². The zero-order valence-corrected chi connectivity index (χ0v) is 32.1. The Balaban J connectivity index is 1.56. The third kappa shape index (κ3) is 13.2. The van der Waals surface area contributed by atoms with E-state index in [0.717, 1.165) is 5.69 Å². The van der Waals surface area contributed by atoms with Gasteiger partial charge in [0.05, 0.1) is 12.1 Å². The fourth-order valence-corrected chi connectivity index (χ4v) is 6.41. The van der Waals surface area contributed by atoms with Crippen molar-refractivity contribution in [3.05, 3.63) is 42.5 Å². The molecule has 0 aliphatic carbocycles. The molecule has 0 spiro atoms. The summed E-state index contributed by atoms with van der Waals surface area (Å²) in [6.45, 7) is 13.8. The summed E-state index contributed by atoms with van der Waals surface area (Å²) in [7, 11) is 0. The predicted molar refractivity (Wildman–Crippen MR) is 199 cm³/mol. The molecule has 0 radical (unpaired) electrons. The number of nitrogens with zero attached hydrogens (tertiary/aromatic N) is 3. The minimum Gasteiger partial charge on any atom is -0.460 e. The smallest absolute Gasteiger partial charge is 0.325 e. The van der Waals surface area contributed by atoms with Gasteiger partial charge in [-0.25, -0.2) is 0 Å². The monoisotopic (exact) mass is 756 g/mol. The number of anilines is 1. The molecule has 16 nitrogen and oxygen atoms in total. The first-order chi connectivity index (χ1) is 25.5. The van der Waals surface area contributed by atoms with Gasteiger partial charge in [0.25, 0.3) is 11.8 Å². The molecule has 2 aliphatic rings. The summed E-state index contributed by atoms with van der Waals surface area (Å²) < 4.78 is 10.2. The quantitative estimate of drug-likeness (QED) is 0.0944. The summed E-state index contributed by atoms with van der Waals surface area (Å²) in [5.41, 5.74) is 0.622. The van der Waals surface area contributed by atoms with Crippen molar-refractivity contribution in [1.82, 2.24) is 25.8 Å². The van der Waals surface area contributed by atoms with Crippen LogP contribution in [0.3, 0.4) is 0 Å². The van der Waals surface area contributed by atoms with Crippen LogP contribution in [-0.4, -0.2) is 132 Å². The van der Waals surface area contributed by atoms with Gasteiger partial charge in [-0.1, -0.05) is 26.0 Å². The van der Waals surface area contributed by atoms with E-state index in [4.69, 9.17) is 9.47 Å². The van der Waals surface area contributed by atoms with Crippen LogP contribution in [0.4, 0.5) is 5.69 Å². The van der Waals surface area contributed by atoms with Crippen molar-refractivity contribution in [2.45, 2.75) is 103 Å². The van der Waals surface area contributed by atoms with Gasteiger partial charge in [0.2, 0.25) is 17.6 Å². The lowest BCUT2D eigenvalue weighted by Crippen LogP contribution is -2.57. The van der Waals surface area contributed by atoms with Crippen LogP contribution in [0.2, 0.25) is 0 Å². The molecule has 16 heteroatoms. The number of aliphatic hydroxyl groups is 1. The zero-order chi connectivity index (χ0) is 40.0. The van der Waals surface area contributed by atoms with Gasteiger partial charge in [-0.05, 0) is 70.7 Å². The molecule has 4 N–H and O–H groups in total. The molecular weight excluding hydrogens is 700 g/mol. The summed E-state index contributed by atoms with van der Waals surface area (Å²) in [5, 5.41) is 18.8. The molecule has 2 saturated heterocycles. The lowest BCUT2D eigenvalue weighted by molar-refractivity contribution is -0.155. The highest BCUT2D eigenvalue weighted by molar-refractivity contribution is 6.38. The van der Waals surface area contributed by atoms with Crippen LogP contribution in [0.1, 0.15) is 83.5 Å². The van der Waals surface area contributed by atoms with Crippen molar-refractivity contribution in [2.75, 3.05) is 50.8 Å². The van der Waals surface area contributed by atoms with E-state index in [2.05, 4.69) is 27.4 Å². The van der Waals surface area contributed by atoms with Gasteiger partial charge in [0.1, 0.15) is 31.0 Å². The highest BCUT2D eigenvalue weighted by atomic mass is 16.6. The molecule has 2 unspecified atom stereocenters. The molecular formula is C38H56N6O10.